The molecule has 0 bridgehead atoms. The summed E-state index contributed by atoms with van der Waals surface area (Å²) in [4.78, 5) is 0. The first-order valence-corrected chi connectivity index (χ1v) is 4.30. The molecule has 2 rings (SSSR count). The van der Waals surface area contributed by atoms with Crippen molar-refractivity contribution in [3.05, 3.63) is 46.9 Å². The lowest BCUT2D eigenvalue weighted by molar-refractivity contribution is 1.11. The molecule has 0 saturated carbocycles. The van der Waals surface area contributed by atoms with Crippen LogP contribution in [0.15, 0.2) is 46.9 Å². The Kier molecular flexibility index (Phi) is 2.82. The second-order valence-electron chi connectivity index (χ2n) is 2.46. The number of halogens is 2. The predicted molar refractivity (Wildman–Crippen MR) is 54.2 cm³/mol. The number of hydrogen-bond donors (Lipinski definition) is 0. The molecule has 12 heavy (non-hydrogen) atoms. The van der Waals surface area contributed by atoms with Crippen LogP contribution in [0.3, 0.4) is 0 Å². The van der Waals surface area contributed by atoms with Crippen molar-refractivity contribution in [2.75, 3.05) is 0 Å². The summed E-state index contributed by atoms with van der Waals surface area (Å²) in [5.41, 5.74) is 0. The molecule has 0 aliphatic carbocycles. The van der Waals surface area contributed by atoms with Gasteiger partial charge >= 0.3 is 0 Å². The number of benzene rings is 2. The smallest absolute Gasteiger partial charge is 0.0253 e. The van der Waals surface area contributed by atoms with Crippen LogP contribution in [-0.2, 0) is 0 Å². The third kappa shape index (κ3) is 1.48. The standard InChI is InChI=1S/C10H7Br.FH/c11-10-7-3-5-8-4-1-2-6-9(8)10;/h1-7H;1H. The SMILES string of the molecule is Brc1cccc2ccccc12.F. The van der Waals surface area contributed by atoms with E-state index < -0.39 is 0 Å². The molecule has 0 fully saturated rings. The molecular weight excluding hydrogens is 219 g/mol. The number of fused-ring (bicyclic) bond motifs is 1. The molecule has 0 aliphatic heterocycles. The average molecular weight is 227 g/mol. The van der Waals surface area contributed by atoms with Gasteiger partial charge in [-0.1, -0.05) is 52.3 Å². The van der Waals surface area contributed by atoms with E-state index in [4.69, 9.17) is 0 Å². The minimum Gasteiger partial charge on any atom is -0.269 e. The second-order valence-corrected chi connectivity index (χ2v) is 3.32. The molecule has 0 saturated heterocycles. The second kappa shape index (κ2) is 3.68. The molecule has 0 amide bonds. The van der Waals surface area contributed by atoms with E-state index >= 15 is 0 Å². The quantitative estimate of drug-likeness (QED) is 0.642. The highest BCUT2D eigenvalue weighted by Gasteiger charge is 1.93. The maximum atomic E-state index is 3.50. The van der Waals surface area contributed by atoms with E-state index in [2.05, 4.69) is 46.3 Å². The van der Waals surface area contributed by atoms with E-state index in [9.17, 15) is 0 Å². The summed E-state index contributed by atoms with van der Waals surface area (Å²) in [7, 11) is 0. The molecule has 0 radical (unpaired) electrons. The van der Waals surface area contributed by atoms with Crippen LogP contribution < -0.4 is 0 Å². The molecule has 0 N–H and O–H groups in total. The largest absolute Gasteiger partial charge is 0.269 e. The molecule has 2 heteroatoms. The molecule has 0 aromatic heterocycles. The maximum absolute atomic E-state index is 3.50. The van der Waals surface area contributed by atoms with Crippen molar-refractivity contribution in [1.29, 1.82) is 0 Å². The molecule has 0 atom stereocenters. The van der Waals surface area contributed by atoms with Crippen LogP contribution in [-0.4, -0.2) is 0 Å². The van der Waals surface area contributed by atoms with E-state index in [0.717, 1.165) is 4.47 Å². The molecule has 2 aromatic rings. The van der Waals surface area contributed by atoms with Gasteiger partial charge in [0.25, 0.3) is 0 Å². The van der Waals surface area contributed by atoms with Gasteiger partial charge in [0.05, 0.1) is 0 Å². The molecule has 0 spiro atoms. The molecule has 0 unspecified atom stereocenters. The van der Waals surface area contributed by atoms with E-state index in [0.29, 0.717) is 0 Å². The Hall–Kier alpha value is -0.890. The maximum Gasteiger partial charge on any atom is 0.0253 e. The number of rotatable bonds is 0. The summed E-state index contributed by atoms with van der Waals surface area (Å²) in [6.45, 7) is 0. The summed E-state index contributed by atoms with van der Waals surface area (Å²) >= 11 is 3.50. The van der Waals surface area contributed by atoms with Gasteiger partial charge in [0, 0.05) is 4.47 Å². The Balaban J connectivity index is 0.000000720. The molecule has 62 valence electrons. The van der Waals surface area contributed by atoms with Crippen molar-refractivity contribution in [3.8, 4) is 0 Å². The van der Waals surface area contributed by atoms with Gasteiger partial charge in [0.1, 0.15) is 0 Å². The monoisotopic (exact) mass is 226 g/mol. The first-order chi connectivity index (χ1) is 5.38. The van der Waals surface area contributed by atoms with Gasteiger partial charge < -0.3 is 0 Å². The zero-order chi connectivity index (χ0) is 7.68. The van der Waals surface area contributed by atoms with Crippen LogP contribution in [0.25, 0.3) is 10.8 Å². The first-order valence-electron chi connectivity index (χ1n) is 3.51. The molecule has 0 aliphatic rings. The van der Waals surface area contributed by atoms with Crippen LogP contribution in [0.1, 0.15) is 0 Å². The lowest BCUT2D eigenvalue weighted by Gasteiger charge is -1.97. The van der Waals surface area contributed by atoms with Crippen LogP contribution in [0.2, 0.25) is 0 Å². The van der Waals surface area contributed by atoms with Gasteiger partial charge in [-0.2, -0.15) is 0 Å². The molecular formula is C10H8BrF. The lowest BCUT2D eigenvalue weighted by atomic mass is 10.1. The summed E-state index contributed by atoms with van der Waals surface area (Å²) in [5, 5.41) is 2.55. The Bertz CT molecular complexity index is 379. The van der Waals surface area contributed by atoms with E-state index in [1.165, 1.54) is 10.8 Å². The van der Waals surface area contributed by atoms with E-state index in [-0.39, 0.29) is 4.70 Å². The molecule has 2 aromatic carbocycles. The first kappa shape index (κ1) is 9.20. The van der Waals surface area contributed by atoms with Crippen LogP contribution in [0, 0.1) is 0 Å². The van der Waals surface area contributed by atoms with Gasteiger partial charge in [0.2, 0.25) is 0 Å². The highest BCUT2D eigenvalue weighted by Crippen LogP contribution is 2.22. The lowest BCUT2D eigenvalue weighted by Crippen LogP contribution is -1.71. The zero-order valence-corrected chi connectivity index (χ0v) is 7.91. The Morgan fingerprint density at radius 2 is 1.50 bits per heavy atom. The zero-order valence-electron chi connectivity index (χ0n) is 6.33. The molecule has 0 heterocycles. The van der Waals surface area contributed by atoms with Gasteiger partial charge in [-0.25, -0.2) is 0 Å². The molecule has 0 nitrogen and oxygen atoms in total. The van der Waals surface area contributed by atoms with Crippen molar-refractivity contribution in [2.24, 2.45) is 0 Å². The third-order valence-electron chi connectivity index (χ3n) is 1.74. The summed E-state index contributed by atoms with van der Waals surface area (Å²) in [5.74, 6) is 0. The fourth-order valence-electron chi connectivity index (χ4n) is 1.19. The highest BCUT2D eigenvalue weighted by atomic mass is 79.9. The van der Waals surface area contributed by atoms with Gasteiger partial charge in [0.15, 0.2) is 0 Å². The Morgan fingerprint density at radius 3 is 2.25 bits per heavy atom. The average Bonchev–Trinajstić information content (AvgIpc) is 2.06. The topological polar surface area (TPSA) is 0 Å². The Labute approximate surface area is 78.7 Å². The summed E-state index contributed by atoms with van der Waals surface area (Å²) in [6.07, 6.45) is 0. The van der Waals surface area contributed by atoms with Gasteiger partial charge in [-0.15, -0.1) is 0 Å². The minimum absolute atomic E-state index is 0. The normalized spacial score (nSPS) is 9.42. The van der Waals surface area contributed by atoms with E-state index in [1.54, 1.807) is 0 Å². The van der Waals surface area contributed by atoms with Crippen molar-refractivity contribution in [2.45, 2.75) is 0 Å². The fraction of sp³-hybridized carbons (Fsp3) is 0. The van der Waals surface area contributed by atoms with E-state index in [1.807, 2.05) is 12.1 Å². The van der Waals surface area contributed by atoms with Crippen molar-refractivity contribution >= 4 is 26.7 Å². The fourth-order valence-corrected chi connectivity index (χ4v) is 1.70. The summed E-state index contributed by atoms with van der Waals surface area (Å²) in [6, 6.07) is 14.5. The van der Waals surface area contributed by atoms with Gasteiger partial charge in [-0.3, -0.25) is 4.70 Å². The third-order valence-corrected chi connectivity index (χ3v) is 2.43. The number of hydrogen-bond acceptors (Lipinski definition) is 0. The minimum atomic E-state index is 0. The van der Waals surface area contributed by atoms with Crippen molar-refractivity contribution in [1.82, 2.24) is 0 Å². The summed E-state index contributed by atoms with van der Waals surface area (Å²) < 4.78 is 1.16. The van der Waals surface area contributed by atoms with Crippen LogP contribution in [0.4, 0.5) is 4.70 Å². The van der Waals surface area contributed by atoms with Crippen LogP contribution >= 0.6 is 15.9 Å². The predicted octanol–water partition coefficient (Wildman–Crippen LogP) is 3.75. The Morgan fingerprint density at radius 1 is 0.833 bits per heavy atom. The van der Waals surface area contributed by atoms with Crippen LogP contribution in [0.5, 0.6) is 0 Å². The van der Waals surface area contributed by atoms with Crippen molar-refractivity contribution in [3.63, 3.8) is 0 Å². The van der Waals surface area contributed by atoms with Crippen molar-refractivity contribution < 1.29 is 4.70 Å². The highest BCUT2D eigenvalue weighted by molar-refractivity contribution is 9.10. The van der Waals surface area contributed by atoms with Gasteiger partial charge in [-0.05, 0) is 16.8 Å².